The van der Waals surface area contributed by atoms with Crippen LogP contribution in [0.1, 0.15) is 48.7 Å². The van der Waals surface area contributed by atoms with Gasteiger partial charge in [-0.1, -0.05) is 19.8 Å². The predicted octanol–water partition coefficient (Wildman–Crippen LogP) is 2.95. The van der Waals surface area contributed by atoms with Crippen LogP contribution in [0.4, 0.5) is 0 Å². The zero-order valence-electron chi connectivity index (χ0n) is 11.8. The quantitative estimate of drug-likeness (QED) is 0.876. The lowest BCUT2D eigenvalue weighted by Gasteiger charge is -2.31. The Hall–Kier alpha value is -0.650. The van der Waals surface area contributed by atoms with Gasteiger partial charge in [-0.2, -0.15) is 11.8 Å². The number of carbonyl (C=O) groups is 1. The van der Waals surface area contributed by atoms with Crippen molar-refractivity contribution in [2.45, 2.75) is 50.4 Å². The van der Waals surface area contributed by atoms with E-state index in [0.29, 0.717) is 23.1 Å². The van der Waals surface area contributed by atoms with E-state index < -0.39 is 0 Å². The summed E-state index contributed by atoms with van der Waals surface area (Å²) in [6.45, 7) is 2.49. The summed E-state index contributed by atoms with van der Waals surface area (Å²) in [7, 11) is 0. The summed E-state index contributed by atoms with van der Waals surface area (Å²) in [5.74, 6) is 1.70. The second kappa shape index (κ2) is 8.60. The van der Waals surface area contributed by atoms with Gasteiger partial charge in [0.2, 0.25) is 0 Å². The molecule has 1 heterocycles. The number of carbonyl (C=O) groups excluding carboxylic acids is 1. The van der Waals surface area contributed by atoms with Crippen molar-refractivity contribution >= 4 is 30.1 Å². The third kappa shape index (κ3) is 4.43. The van der Waals surface area contributed by atoms with Crippen LogP contribution in [0, 0.1) is 0 Å². The first-order chi connectivity index (χ1) is 9.24. The minimum atomic E-state index is -0.0444. The van der Waals surface area contributed by atoms with Crippen molar-refractivity contribution in [2.24, 2.45) is 5.73 Å². The van der Waals surface area contributed by atoms with Crippen molar-refractivity contribution in [3.05, 3.63) is 23.7 Å². The number of hydrogen-bond donors (Lipinski definition) is 2. The average Bonchev–Trinajstić information content (AvgIpc) is 2.90. The molecule has 0 aliphatic heterocycles. The molecule has 4 nitrogen and oxygen atoms in total. The summed E-state index contributed by atoms with van der Waals surface area (Å²) in [6, 6.07) is 2.00. The van der Waals surface area contributed by atoms with Crippen molar-refractivity contribution in [3.8, 4) is 0 Å². The van der Waals surface area contributed by atoms with Crippen LogP contribution in [0.15, 0.2) is 16.7 Å². The largest absolute Gasteiger partial charge is 0.467 e. The maximum Gasteiger partial charge on any atom is 0.254 e. The highest BCUT2D eigenvalue weighted by atomic mass is 35.5. The molecule has 1 aromatic heterocycles. The zero-order valence-corrected chi connectivity index (χ0v) is 13.4. The molecule has 0 bridgehead atoms. The third-order valence-corrected chi connectivity index (χ3v) is 4.84. The van der Waals surface area contributed by atoms with Gasteiger partial charge in [0.15, 0.2) is 0 Å². The smallest absolute Gasteiger partial charge is 0.254 e. The molecule has 2 atom stereocenters. The number of furan rings is 1. The Labute approximate surface area is 130 Å². The Bertz CT molecular complexity index is 423. The van der Waals surface area contributed by atoms with Gasteiger partial charge in [-0.25, -0.2) is 0 Å². The molecule has 1 amide bonds. The van der Waals surface area contributed by atoms with Crippen molar-refractivity contribution < 1.29 is 9.21 Å². The molecule has 2 unspecified atom stereocenters. The van der Waals surface area contributed by atoms with E-state index in [2.05, 4.69) is 12.2 Å². The molecule has 1 fully saturated rings. The molecule has 2 rings (SSSR count). The Morgan fingerprint density at radius 3 is 2.90 bits per heavy atom. The molecule has 0 spiro atoms. The molecule has 1 aliphatic carbocycles. The van der Waals surface area contributed by atoms with E-state index in [4.69, 9.17) is 10.2 Å². The number of hydrogen-bond acceptors (Lipinski definition) is 4. The fraction of sp³-hybridized carbons (Fsp3) is 0.643. The zero-order chi connectivity index (χ0) is 13.7. The van der Waals surface area contributed by atoms with E-state index in [9.17, 15) is 4.79 Å². The normalized spacial score (nSPS) is 22.1. The molecule has 6 heteroatoms. The van der Waals surface area contributed by atoms with Crippen molar-refractivity contribution in [1.29, 1.82) is 0 Å². The van der Waals surface area contributed by atoms with Crippen molar-refractivity contribution in [3.63, 3.8) is 0 Å². The number of thioether (sulfide) groups is 1. The van der Waals surface area contributed by atoms with Gasteiger partial charge in [0.05, 0.1) is 12.1 Å². The number of halogens is 1. The summed E-state index contributed by atoms with van der Waals surface area (Å²) in [4.78, 5) is 12.2. The fourth-order valence-electron chi connectivity index (χ4n) is 2.53. The van der Waals surface area contributed by atoms with Gasteiger partial charge in [0, 0.05) is 11.3 Å². The first kappa shape index (κ1) is 17.4. The highest BCUT2D eigenvalue weighted by Gasteiger charge is 2.27. The Balaban J connectivity index is 0.00000200. The Morgan fingerprint density at radius 2 is 2.25 bits per heavy atom. The van der Waals surface area contributed by atoms with E-state index >= 15 is 0 Å². The second-order valence-corrected chi connectivity index (χ2v) is 6.38. The summed E-state index contributed by atoms with van der Waals surface area (Å²) in [5, 5.41) is 3.69. The summed E-state index contributed by atoms with van der Waals surface area (Å²) >= 11 is 1.95. The molecule has 1 aromatic rings. The van der Waals surface area contributed by atoms with Crippen molar-refractivity contribution in [2.75, 3.05) is 5.75 Å². The van der Waals surface area contributed by atoms with Gasteiger partial charge in [-0.05, 0) is 24.7 Å². The molecule has 20 heavy (non-hydrogen) atoms. The molecule has 1 aliphatic rings. The van der Waals surface area contributed by atoms with Crippen LogP contribution >= 0.6 is 24.2 Å². The summed E-state index contributed by atoms with van der Waals surface area (Å²) < 4.78 is 5.21. The highest BCUT2D eigenvalue weighted by molar-refractivity contribution is 7.99. The van der Waals surface area contributed by atoms with Gasteiger partial charge in [-0.15, -0.1) is 12.4 Å². The molecule has 0 radical (unpaired) electrons. The van der Waals surface area contributed by atoms with E-state index in [0.717, 1.165) is 12.2 Å². The minimum absolute atomic E-state index is 0. The van der Waals surface area contributed by atoms with Crippen LogP contribution in [0.3, 0.4) is 0 Å². The average molecular weight is 319 g/mol. The third-order valence-electron chi connectivity index (χ3n) is 3.52. The summed E-state index contributed by atoms with van der Waals surface area (Å²) in [6.07, 6.45) is 6.23. The van der Waals surface area contributed by atoms with Gasteiger partial charge < -0.3 is 15.5 Å². The number of amides is 1. The van der Waals surface area contributed by atoms with Gasteiger partial charge >= 0.3 is 0 Å². The van der Waals surface area contributed by atoms with Crippen LogP contribution in [-0.4, -0.2) is 23.0 Å². The maximum atomic E-state index is 12.2. The molecule has 1 saturated carbocycles. The van der Waals surface area contributed by atoms with Crippen LogP contribution in [-0.2, 0) is 6.54 Å². The highest BCUT2D eigenvalue weighted by Crippen LogP contribution is 2.28. The fourth-order valence-corrected chi connectivity index (χ4v) is 3.73. The SMILES string of the molecule is CCSC1CCCCC1NC(=O)c1coc(CN)c1.Cl. The Morgan fingerprint density at radius 1 is 1.50 bits per heavy atom. The first-order valence-electron chi connectivity index (χ1n) is 6.94. The number of nitrogens with two attached hydrogens (primary N) is 1. The lowest BCUT2D eigenvalue weighted by molar-refractivity contribution is 0.0928. The van der Waals surface area contributed by atoms with Gasteiger partial charge in [0.25, 0.3) is 5.91 Å². The number of nitrogens with one attached hydrogen (secondary N) is 1. The van der Waals surface area contributed by atoms with Crippen LogP contribution in [0.25, 0.3) is 0 Å². The van der Waals surface area contributed by atoms with Gasteiger partial charge in [-0.3, -0.25) is 4.79 Å². The minimum Gasteiger partial charge on any atom is -0.467 e. The predicted molar refractivity (Wildman–Crippen MR) is 85.5 cm³/mol. The molecule has 3 N–H and O–H groups in total. The maximum absolute atomic E-state index is 12.2. The van der Waals surface area contributed by atoms with Crippen molar-refractivity contribution in [1.82, 2.24) is 5.32 Å². The number of rotatable bonds is 5. The first-order valence-corrected chi connectivity index (χ1v) is 7.99. The standard InChI is InChI=1S/C14H22N2O2S.ClH/c1-2-19-13-6-4-3-5-12(13)16-14(17)10-7-11(8-15)18-9-10;/h7,9,12-13H,2-6,8,15H2,1H3,(H,16,17);1H. The molecule has 0 aromatic carbocycles. The monoisotopic (exact) mass is 318 g/mol. The lowest BCUT2D eigenvalue weighted by atomic mass is 9.94. The second-order valence-electron chi connectivity index (χ2n) is 4.86. The molecule has 114 valence electrons. The topological polar surface area (TPSA) is 68.3 Å². The summed E-state index contributed by atoms with van der Waals surface area (Å²) in [5.41, 5.74) is 6.06. The van der Waals surface area contributed by atoms with Crippen LogP contribution in [0.2, 0.25) is 0 Å². The van der Waals surface area contributed by atoms with E-state index in [-0.39, 0.29) is 24.4 Å². The molecule has 0 saturated heterocycles. The molecular weight excluding hydrogens is 296 g/mol. The van der Waals surface area contributed by atoms with E-state index in [1.807, 2.05) is 11.8 Å². The lowest BCUT2D eigenvalue weighted by Crippen LogP contribution is -2.43. The Kier molecular flexibility index (Phi) is 7.48. The molecular formula is C14H23ClN2O2S. The van der Waals surface area contributed by atoms with Crippen LogP contribution < -0.4 is 11.1 Å². The van der Waals surface area contributed by atoms with E-state index in [1.54, 1.807) is 6.07 Å². The van der Waals surface area contributed by atoms with Crippen LogP contribution in [0.5, 0.6) is 0 Å². The van der Waals surface area contributed by atoms with E-state index in [1.165, 1.54) is 25.5 Å². The van der Waals surface area contributed by atoms with Gasteiger partial charge in [0.1, 0.15) is 12.0 Å².